The van der Waals surface area contributed by atoms with Crippen LogP contribution < -0.4 is 10.1 Å². The van der Waals surface area contributed by atoms with Gasteiger partial charge in [-0.25, -0.2) is 4.98 Å². The molecule has 0 radical (unpaired) electrons. The van der Waals surface area contributed by atoms with Crippen LogP contribution in [0.25, 0.3) is 0 Å². The second kappa shape index (κ2) is 5.31. The van der Waals surface area contributed by atoms with Crippen LogP contribution in [-0.4, -0.2) is 18.6 Å². The molecule has 4 heteroatoms. The van der Waals surface area contributed by atoms with Crippen LogP contribution in [0, 0.1) is 6.92 Å². The molecule has 1 aromatic carbocycles. The Morgan fingerprint density at radius 3 is 3.11 bits per heavy atom. The maximum absolute atomic E-state index is 5.72. The third-order valence-electron chi connectivity index (χ3n) is 3.50. The number of ether oxygens (including phenoxy) is 1. The number of hydrogen-bond acceptors (Lipinski definition) is 4. The number of aromatic nitrogens is 1. The van der Waals surface area contributed by atoms with E-state index in [0.29, 0.717) is 5.92 Å². The number of nitrogens with one attached hydrogen (secondary N) is 1. The van der Waals surface area contributed by atoms with Crippen molar-refractivity contribution in [2.75, 3.05) is 13.7 Å². The number of para-hydroxylation sites is 1. The topological polar surface area (TPSA) is 34.1 Å². The molecule has 1 aliphatic heterocycles. The molecule has 1 N–H and O–H groups in total. The van der Waals surface area contributed by atoms with Crippen molar-refractivity contribution in [2.24, 2.45) is 0 Å². The third-order valence-corrected chi connectivity index (χ3v) is 4.77. The number of thiazole rings is 1. The molecule has 0 amide bonds. The minimum absolute atomic E-state index is 0.388. The van der Waals surface area contributed by atoms with Crippen molar-refractivity contribution in [1.82, 2.24) is 10.3 Å². The van der Waals surface area contributed by atoms with Crippen molar-refractivity contribution < 1.29 is 4.74 Å². The van der Waals surface area contributed by atoms with E-state index in [1.807, 2.05) is 24.5 Å². The molecule has 1 atom stereocenters. The Morgan fingerprint density at radius 1 is 1.42 bits per heavy atom. The zero-order chi connectivity index (χ0) is 13.2. The molecule has 0 bridgehead atoms. The molecule has 3 rings (SSSR count). The van der Waals surface area contributed by atoms with Gasteiger partial charge in [-0.1, -0.05) is 18.2 Å². The number of nitrogens with zero attached hydrogens (tertiary/aromatic N) is 1. The lowest BCUT2D eigenvalue weighted by Gasteiger charge is -2.24. The first-order chi connectivity index (χ1) is 9.29. The smallest absolute Gasteiger partial charge is 0.123 e. The molecule has 1 aromatic heterocycles. The molecule has 1 unspecified atom stereocenters. The highest BCUT2D eigenvalue weighted by molar-refractivity contribution is 7.11. The summed E-state index contributed by atoms with van der Waals surface area (Å²) in [6, 6.07) is 8.32. The highest BCUT2D eigenvalue weighted by Gasteiger charge is 2.25. The molecule has 1 aliphatic rings. The lowest BCUT2D eigenvalue weighted by molar-refractivity contribution is 0.277. The summed E-state index contributed by atoms with van der Waals surface area (Å²) in [5.41, 5.74) is 2.43. The summed E-state index contributed by atoms with van der Waals surface area (Å²) in [6.45, 7) is 3.77. The van der Waals surface area contributed by atoms with Crippen LogP contribution in [0.2, 0.25) is 0 Å². The summed E-state index contributed by atoms with van der Waals surface area (Å²) >= 11 is 1.83. The van der Waals surface area contributed by atoms with Gasteiger partial charge in [0.25, 0.3) is 0 Å². The Balaban J connectivity index is 1.97. The summed E-state index contributed by atoms with van der Waals surface area (Å²) < 4.78 is 5.72. The van der Waals surface area contributed by atoms with Crippen LogP contribution in [0.15, 0.2) is 24.3 Å². The van der Waals surface area contributed by atoms with Crippen molar-refractivity contribution in [1.29, 1.82) is 0 Å². The van der Waals surface area contributed by atoms with E-state index in [0.717, 1.165) is 31.0 Å². The number of rotatable bonds is 3. The predicted molar refractivity (Wildman–Crippen MR) is 78.0 cm³/mol. The average molecular weight is 274 g/mol. The van der Waals surface area contributed by atoms with E-state index >= 15 is 0 Å². The number of benzene rings is 1. The Bertz CT molecular complexity index is 579. The van der Waals surface area contributed by atoms with E-state index in [-0.39, 0.29) is 0 Å². The van der Waals surface area contributed by atoms with Gasteiger partial charge in [-0.15, -0.1) is 11.3 Å². The maximum Gasteiger partial charge on any atom is 0.123 e. The molecular weight excluding hydrogens is 256 g/mol. The number of fused-ring (bicyclic) bond motifs is 1. The molecule has 19 heavy (non-hydrogen) atoms. The van der Waals surface area contributed by atoms with Crippen LogP contribution in [0.3, 0.4) is 0 Å². The van der Waals surface area contributed by atoms with E-state index in [9.17, 15) is 0 Å². The van der Waals surface area contributed by atoms with E-state index < -0.39 is 0 Å². The molecule has 0 saturated carbocycles. The largest absolute Gasteiger partial charge is 0.493 e. The second-order valence-electron chi connectivity index (χ2n) is 4.82. The van der Waals surface area contributed by atoms with Gasteiger partial charge < -0.3 is 10.1 Å². The van der Waals surface area contributed by atoms with Gasteiger partial charge in [-0.2, -0.15) is 0 Å². The first-order valence-corrected chi connectivity index (χ1v) is 7.43. The Hall–Kier alpha value is -1.39. The van der Waals surface area contributed by atoms with Gasteiger partial charge in [-0.3, -0.25) is 0 Å². The van der Waals surface area contributed by atoms with Crippen molar-refractivity contribution in [2.45, 2.75) is 25.8 Å². The monoisotopic (exact) mass is 274 g/mol. The van der Waals surface area contributed by atoms with Crippen LogP contribution in [-0.2, 0) is 6.54 Å². The zero-order valence-electron chi connectivity index (χ0n) is 11.3. The van der Waals surface area contributed by atoms with Gasteiger partial charge in [0.2, 0.25) is 0 Å². The highest BCUT2D eigenvalue weighted by Crippen LogP contribution is 2.39. The molecule has 2 heterocycles. The Kier molecular flexibility index (Phi) is 3.53. The molecule has 0 aliphatic carbocycles. The zero-order valence-corrected chi connectivity index (χ0v) is 12.1. The first kappa shape index (κ1) is 12.6. The maximum atomic E-state index is 5.72. The summed E-state index contributed by atoms with van der Waals surface area (Å²) in [4.78, 5) is 6.11. The lowest BCUT2D eigenvalue weighted by Crippen LogP contribution is -2.14. The van der Waals surface area contributed by atoms with Crippen LogP contribution in [0.4, 0.5) is 0 Å². The van der Waals surface area contributed by atoms with E-state index in [1.54, 1.807) is 0 Å². The summed E-state index contributed by atoms with van der Waals surface area (Å²) in [5, 5.41) is 4.43. The Morgan fingerprint density at radius 2 is 2.26 bits per heavy atom. The van der Waals surface area contributed by atoms with E-state index in [4.69, 9.17) is 9.72 Å². The predicted octanol–water partition coefficient (Wildman–Crippen LogP) is 3.09. The molecule has 0 spiro atoms. The summed E-state index contributed by atoms with van der Waals surface area (Å²) in [6.07, 6.45) is 1.02. The normalized spacial score (nSPS) is 17.9. The minimum Gasteiger partial charge on any atom is -0.493 e. The van der Waals surface area contributed by atoms with Crippen molar-refractivity contribution in [3.63, 3.8) is 0 Å². The van der Waals surface area contributed by atoms with Crippen molar-refractivity contribution in [3.8, 4) is 5.75 Å². The standard InChI is InChI=1S/C15H18N2OS/c1-10-14(9-16-2)19-15(17-10)12-7-8-18-13-6-4-3-5-11(12)13/h3-6,12,16H,7-9H2,1-2H3. The molecule has 3 nitrogen and oxygen atoms in total. The number of aryl methyl sites for hydroxylation is 1. The SMILES string of the molecule is CNCc1sc(C2CCOc3ccccc32)nc1C. The van der Waals surface area contributed by atoms with Gasteiger partial charge in [0, 0.05) is 22.9 Å². The van der Waals surface area contributed by atoms with Gasteiger partial charge in [-0.05, 0) is 26.5 Å². The molecule has 2 aromatic rings. The van der Waals surface area contributed by atoms with Gasteiger partial charge in [0.1, 0.15) is 10.8 Å². The second-order valence-corrected chi connectivity index (χ2v) is 5.93. The van der Waals surface area contributed by atoms with Crippen LogP contribution >= 0.6 is 11.3 Å². The first-order valence-electron chi connectivity index (χ1n) is 6.62. The fraction of sp³-hybridized carbons (Fsp3) is 0.400. The van der Waals surface area contributed by atoms with E-state index in [2.05, 4.69) is 30.4 Å². The fourth-order valence-electron chi connectivity index (χ4n) is 2.52. The molecular formula is C15H18N2OS. The molecule has 0 fully saturated rings. The summed E-state index contributed by atoms with van der Waals surface area (Å²) in [5.74, 6) is 1.40. The quantitative estimate of drug-likeness (QED) is 0.934. The third kappa shape index (κ3) is 2.38. The van der Waals surface area contributed by atoms with Crippen LogP contribution in [0.1, 0.15) is 33.5 Å². The van der Waals surface area contributed by atoms with E-state index in [1.165, 1.54) is 15.4 Å². The van der Waals surface area contributed by atoms with Gasteiger partial charge in [0.15, 0.2) is 0 Å². The van der Waals surface area contributed by atoms with Crippen LogP contribution in [0.5, 0.6) is 5.75 Å². The highest BCUT2D eigenvalue weighted by atomic mass is 32.1. The Labute approximate surface area is 117 Å². The number of hydrogen-bond donors (Lipinski definition) is 1. The van der Waals surface area contributed by atoms with Crippen molar-refractivity contribution in [3.05, 3.63) is 45.4 Å². The van der Waals surface area contributed by atoms with Gasteiger partial charge in [0.05, 0.1) is 12.3 Å². The lowest BCUT2D eigenvalue weighted by atomic mass is 9.94. The minimum atomic E-state index is 0.388. The fourth-order valence-corrected chi connectivity index (χ4v) is 3.75. The summed E-state index contributed by atoms with van der Waals surface area (Å²) in [7, 11) is 1.97. The average Bonchev–Trinajstić information content (AvgIpc) is 2.80. The van der Waals surface area contributed by atoms with Crippen molar-refractivity contribution >= 4 is 11.3 Å². The van der Waals surface area contributed by atoms with Gasteiger partial charge >= 0.3 is 0 Å². The molecule has 0 saturated heterocycles. The molecule has 100 valence electrons.